The summed E-state index contributed by atoms with van der Waals surface area (Å²) in [7, 11) is 0. The highest BCUT2D eigenvalue weighted by Crippen LogP contribution is 2.19. The Hall–Kier alpha value is -0.690. The van der Waals surface area contributed by atoms with Gasteiger partial charge in [-0.05, 0) is 30.3 Å². The number of thioether (sulfide) groups is 1. The third-order valence-corrected chi connectivity index (χ3v) is 2.43. The second kappa shape index (κ2) is 5.04. The maximum Gasteiger partial charge on any atom is 0.0406 e. The van der Waals surface area contributed by atoms with E-state index in [1.54, 1.807) is 17.8 Å². The maximum absolute atomic E-state index is 8.25. The third kappa shape index (κ3) is 3.14. The zero-order chi connectivity index (χ0) is 8.81. The molecule has 1 radical (unpaired) electrons. The van der Waals surface area contributed by atoms with E-state index in [2.05, 4.69) is 0 Å². The lowest BCUT2D eigenvalue weighted by molar-refractivity contribution is 1.46. The van der Waals surface area contributed by atoms with Crippen molar-refractivity contribution >= 4 is 29.2 Å². The second-order valence-corrected chi connectivity index (χ2v) is 3.63. The molecule has 61 valence electrons. The van der Waals surface area contributed by atoms with Crippen LogP contribution in [0, 0.1) is 0 Å². The van der Waals surface area contributed by atoms with E-state index >= 15 is 0 Å². The van der Waals surface area contributed by atoms with E-state index in [9.17, 15) is 0 Å². The summed E-state index contributed by atoms with van der Waals surface area (Å²) in [6.07, 6.45) is 1.57. The Morgan fingerprint density at radius 2 is 2.08 bits per heavy atom. The highest BCUT2D eigenvalue weighted by Gasteiger charge is 1.90. The largest absolute Gasteiger partial charge is 0.121 e. The van der Waals surface area contributed by atoms with Crippen LogP contribution in [0.4, 0.5) is 0 Å². The summed E-state index contributed by atoms with van der Waals surface area (Å²) in [5, 5.41) is 8.99. The van der Waals surface area contributed by atoms with Crippen molar-refractivity contribution in [2.45, 2.75) is 4.90 Å². The van der Waals surface area contributed by atoms with Gasteiger partial charge in [0.1, 0.15) is 0 Å². The summed E-state index contributed by atoms with van der Waals surface area (Å²) < 4.78 is 0. The van der Waals surface area contributed by atoms with E-state index in [1.807, 2.05) is 30.1 Å². The standard InChI is InChI=1S/C9H7ClNS/c10-8-2-4-9(5-3-8)12-7-1-6-11/h1-5H,7H2. The lowest BCUT2D eigenvalue weighted by Gasteiger charge is -1.96. The van der Waals surface area contributed by atoms with Crippen LogP contribution in [0.2, 0.25) is 5.02 Å². The van der Waals surface area contributed by atoms with Crippen molar-refractivity contribution in [1.29, 1.82) is 0 Å². The van der Waals surface area contributed by atoms with Gasteiger partial charge in [-0.3, -0.25) is 0 Å². The van der Waals surface area contributed by atoms with Gasteiger partial charge in [-0.1, -0.05) is 17.0 Å². The quantitative estimate of drug-likeness (QED) is 0.538. The summed E-state index contributed by atoms with van der Waals surface area (Å²) in [6, 6.07) is 7.57. The van der Waals surface area contributed by atoms with Crippen LogP contribution in [0.1, 0.15) is 0 Å². The van der Waals surface area contributed by atoms with E-state index in [4.69, 9.17) is 17.0 Å². The number of benzene rings is 1. The van der Waals surface area contributed by atoms with Gasteiger partial charge in [0.05, 0.1) is 0 Å². The third-order valence-electron chi connectivity index (χ3n) is 1.24. The fourth-order valence-electron chi connectivity index (χ4n) is 0.706. The smallest absolute Gasteiger partial charge is 0.0406 e. The van der Waals surface area contributed by atoms with Crippen LogP contribution in [-0.2, 0) is 0 Å². The molecule has 0 aliphatic carbocycles. The van der Waals surface area contributed by atoms with Crippen LogP contribution in [-0.4, -0.2) is 11.6 Å². The van der Waals surface area contributed by atoms with Crippen LogP contribution in [0.25, 0.3) is 0 Å². The fraction of sp³-hybridized carbons (Fsp3) is 0.111. The van der Waals surface area contributed by atoms with E-state index in [-0.39, 0.29) is 0 Å². The van der Waals surface area contributed by atoms with Gasteiger partial charge in [0.2, 0.25) is 0 Å². The Balaban J connectivity index is 2.53. The predicted octanol–water partition coefficient (Wildman–Crippen LogP) is 2.46. The van der Waals surface area contributed by atoms with Crippen LogP contribution < -0.4 is 5.41 Å². The van der Waals surface area contributed by atoms with Crippen molar-refractivity contribution in [2.24, 2.45) is 0 Å². The van der Waals surface area contributed by atoms with Crippen LogP contribution in [0.3, 0.4) is 0 Å². The summed E-state index contributed by atoms with van der Waals surface area (Å²) in [5.74, 6) is 2.70. The van der Waals surface area contributed by atoms with Gasteiger partial charge in [0.25, 0.3) is 0 Å². The van der Waals surface area contributed by atoms with Crippen LogP contribution >= 0.6 is 23.4 Å². The molecule has 0 aliphatic heterocycles. The number of hydrogen-bond donors (Lipinski definition) is 0. The Labute approximate surface area is 80.9 Å². The molecule has 0 amide bonds. The Bertz CT molecular complexity index is 288. The summed E-state index contributed by atoms with van der Waals surface area (Å²) in [6.45, 7) is 0. The van der Waals surface area contributed by atoms with Crippen LogP contribution in [0.5, 0.6) is 0 Å². The molecule has 0 N–H and O–H groups in total. The number of hydrogen-bond acceptors (Lipinski definition) is 1. The Kier molecular flexibility index (Phi) is 3.95. The van der Waals surface area contributed by atoms with E-state index in [1.165, 1.54) is 0 Å². The molecular weight excluding hydrogens is 190 g/mol. The molecule has 0 aliphatic rings. The molecule has 0 saturated carbocycles. The zero-order valence-electron chi connectivity index (χ0n) is 6.33. The first kappa shape index (κ1) is 9.40. The summed E-state index contributed by atoms with van der Waals surface area (Å²) in [5.41, 5.74) is 0. The van der Waals surface area contributed by atoms with Crippen molar-refractivity contribution in [3.63, 3.8) is 0 Å². The minimum Gasteiger partial charge on any atom is -0.121 e. The average molecular weight is 197 g/mol. The van der Waals surface area contributed by atoms with Gasteiger partial charge in [-0.15, -0.1) is 11.8 Å². The normalized spacial score (nSPS) is 9.08. The van der Waals surface area contributed by atoms with Crippen LogP contribution in [0.15, 0.2) is 35.2 Å². The van der Waals surface area contributed by atoms with Crippen molar-refractivity contribution in [1.82, 2.24) is 5.41 Å². The lowest BCUT2D eigenvalue weighted by atomic mass is 10.4. The minimum absolute atomic E-state index is 0.720. The molecule has 0 fully saturated rings. The van der Waals surface area contributed by atoms with E-state index in [0.29, 0.717) is 0 Å². The van der Waals surface area contributed by atoms with Gasteiger partial charge in [-0.2, -0.15) is 0 Å². The first-order valence-electron chi connectivity index (χ1n) is 3.42. The van der Waals surface area contributed by atoms with E-state index in [0.717, 1.165) is 15.7 Å². The highest BCUT2D eigenvalue weighted by atomic mass is 35.5. The van der Waals surface area contributed by atoms with Gasteiger partial charge >= 0.3 is 0 Å². The molecule has 3 heteroatoms. The molecule has 0 saturated heterocycles. The molecule has 1 nitrogen and oxygen atoms in total. The SMILES string of the molecule is [N]=C=CCSc1ccc(Cl)cc1. The molecular formula is C9H7ClNS. The van der Waals surface area contributed by atoms with Gasteiger partial charge in [-0.25, -0.2) is 0 Å². The lowest BCUT2D eigenvalue weighted by Crippen LogP contribution is -1.73. The highest BCUT2D eigenvalue weighted by molar-refractivity contribution is 7.99. The predicted molar refractivity (Wildman–Crippen MR) is 53.9 cm³/mol. The molecule has 1 aromatic rings. The van der Waals surface area contributed by atoms with Gasteiger partial charge in [0.15, 0.2) is 0 Å². The number of nitrogens with zero attached hydrogens (tertiary/aromatic N) is 1. The molecule has 1 rings (SSSR count). The van der Waals surface area contributed by atoms with Crippen molar-refractivity contribution < 1.29 is 0 Å². The zero-order valence-corrected chi connectivity index (χ0v) is 7.90. The molecule has 0 heterocycles. The second-order valence-electron chi connectivity index (χ2n) is 2.10. The van der Waals surface area contributed by atoms with Gasteiger partial charge in [0, 0.05) is 21.5 Å². The molecule has 0 spiro atoms. The Morgan fingerprint density at radius 3 is 2.67 bits per heavy atom. The fourth-order valence-corrected chi connectivity index (χ4v) is 1.51. The minimum atomic E-state index is 0.720. The molecule has 12 heavy (non-hydrogen) atoms. The molecule has 0 atom stereocenters. The molecule has 0 unspecified atom stereocenters. The summed E-state index contributed by atoms with van der Waals surface area (Å²) >= 11 is 7.32. The Morgan fingerprint density at radius 1 is 1.42 bits per heavy atom. The average Bonchev–Trinajstić information content (AvgIpc) is 2.09. The van der Waals surface area contributed by atoms with Gasteiger partial charge < -0.3 is 0 Å². The van der Waals surface area contributed by atoms with Crippen molar-refractivity contribution in [2.75, 3.05) is 5.75 Å². The maximum atomic E-state index is 8.25. The first-order valence-corrected chi connectivity index (χ1v) is 4.79. The monoisotopic (exact) mass is 196 g/mol. The number of rotatable bonds is 3. The summed E-state index contributed by atoms with van der Waals surface area (Å²) in [4.78, 5) is 1.13. The topological polar surface area (TPSA) is 22.3 Å². The van der Waals surface area contributed by atoms with E-state index < -0.39 is 0 Å². The van der Waals surface area contributed by atoms with Crippen molar-refractivity contribution in [3.8, 4) is 0 Å². The molecule has 1 aromatic carbocycles. The first-order chi connectivity index (χ1) is 5.83. The number of halogens is 1. The van der Waals surface area contributed by atoms with Crippen molar-refractivity contribution in [3.05, 3.63) is 35.4 Å². The molecule has 0 aromatic heterocycles. The molecule has 0 bridgehead atoms.